The SMILES string of the molecule is CC(C)c1ccc(Nc2ccc(N)cn2)cc1. The van der Waals surface area contributed by atoms with Crippen LogP contribution in [0.4, 0.5) is 17.2 Å². The molecule has 3 nitrogen and oxygen atoms in total. The minimum atomic E-state index is 0.554. The number of nitrogens with two attached hydrogens (primary N) is 1. The van der Waals surface area contributed by atoms with E-state index in [2.05, 4.69) is 48.4 Å². The molecule has 0 atom stereocenters. The van der Waals surface area contributed by atoms with Crippen LogP contribution in [0.25, 0.3) is 0 Å². The number of hydrogen-bond acceptors (Lipinski definition) is 3. The van der Waals surface area contributed by atoms with Crippen LogP contribution in [-0.4, -0.2) is 4.98 Å². The minimum absolute atomic E-state index is 0.554. The fraction of sp³-hybridized carbons (Fsp3) is 0.214. The Labute approximate surface area is 102 Å². The van der Waals surface area contributed by atoms with Crippen molar-refractivity contribution >= 4 is 17.2 Å². The van der Waals surface area contributed by atoms with Gasteiger partial charge in [-0.05, 0) is 35.7 Å². The van der Waals surface area contributed by atoms with Crippen molar-refractivity contribution in [1.29, 1.82) is 0 Å². The van der Waals surface area contributed by atoms with Gasteiger partial charge in [0.15, 0.2) is 0 Å². The van der Waals surface area contributed by atoms with Gasteiger partial charge in [0, 0.05) is 5.69 Å². The van der Waals surface area contributed by atoms with E-state index in [4.69, 9.17) is 5.73 Å². The molecule has 0 saturated carbocycles. The summed E-state index contributed by atoms with van der Waals surface area (Å²) < 4.78 is 0. The average molecular weight is 227 g/mol. The summed E-state index contributed by atoms with van der Waals surface area (Å²) in [4.78, 5) is 4.19. The molecule has 0 amide bonds. The fourth-order valence-corrected chi connectivity index (χ4v) is 1.58. The predicted molar refractivity (Wildman–Crippen MR) is 72.5 cm³/mol. The number of pyridine rings is 1. The number of anilines is 3. The standard InChI is InChI=1S/C14H17N3/c1-10(2)11-3-6-13(7-4-11)17-14-8-5-12(15)9-16-14/h3-10H,15H2,1-2H3,(H,16,17). The quantitative estimate of drug-likeness (QED) is 0.843. The molecule has 0 radical (unpaired) electrons. The summed E-state index contributed by atoms with van der Waals surface area (Å²) in [6, 6.07) is 12.1. The monoisotopic (exact) mass is 227 g/mol. The first-order valence-corrected chi connectivity index (χ1v) is 5.73. The number of nitrogens with one attached hydrogen (secondary N) is 1. The Morgan fingerprint density at radius 3 is 2.29 bits per heavy atom. The van der Waals surface area contributed by atoms with Crippen LogP contribution < -0.4 is 11.1 Å². The Bertz CT molecular complexity index is 472. The van der Waals surface area contributed by atoms with Crippen molar-refractivity contribution < 1.29 is 0 Å². The highest BCUT2D eigenvalue weighted by atomic mass is 15.0. The van der Waals surface area contributed by atoms with Gasteiger partial charge in [-0.2, -0.15) is 0 Å². The second-order valence-electron chi connectivity index (χ2n) is 4.38. The van der Waals surface area contributed by atoms with Crippen LogP contribution in [0.15, 0.2) is 42.6 Å². The molecule has 0 saturated heterocycles. The van der Waals surface area contributed by atoms with Crippen LogP contribution in [0.2, 0.25) is 0 Å². The van der Waals surface area contributed by atoms with Crippen molar-refractivity contribution in [1.82, 2.24) is 4.98 Å². The second-order valence-corrected chi connectivity index (χ2v) is 4.38. The molecule has 0 aliphatic rings. The minimum Gasteiger partial charge on any atom is -0.397 e. The number of aromatic nitrogens is 1. The lowest BCUT2D eigenvalue weighted by Crippen LogP contribution is -1.95. The molecule has 3 N–H and O–H groups in total. The molecule has 1 aromatic heterocycles. The van der Waals surface area contributed by atoms with E-state index in [0.29, 0.717) is 11.6 Å². The molecule has 0 fully saturated rings. The molecule has 0 aliphatic carbocycles. The molecule has 0 aliphatic heterocycles. The molecule has 2 aromatic rings. The lowest BCUT2D eigenvalue weighted by Gasteiger charge is -2.08. The summed E-state index contributed by atoms with van der Waals surface area (Å²) in [5, 5.41) is 3.23. The summed E-state index contributed by atoms with van der Waals surface area (Å²) >= 11 is 0. The van der Waals surface area contributed by atoms with Crippen molar-refractivity contribution in [2.45, 2.75) is 19.8 Å². The highest BCUT2D eigenvalue weighted by molar-refractivity contribution is 5.57. The number of hydrogen-bond donors (Lipinski definition) is 2. The van der Waals surface area contributed by atoms with Crippen molar-refractivity contribution in [2.24, 2.45) is 0 Å². The van der Waals surface area contributed by atoms with E-state index in [0.717, 1.165) is 11.5 Å². The third-order valence-electron chi connectivity index (χ3n) is 2.64. The first-order chi connectivity index (χ1) is 8.15. The molecule has 88 valence electrons. The van der Waals surface area contributed by atoms with Crippen LogP contribution >= 0.6 is 0 Å². The summed E-state index contributed by atoms with van der Waals surface area (Å²) in [5.74, 6) is 1.36. The zero-order chi connectivity index (χ0) is 12.3. The van der Waals surface area contributed by atoms with Gasteiger partial charge in [-0.1, -0.05) is 26.0 Å². The van der Waals surface area contributed by atoms with Crippen LogP contribution in [0.5, 0.6) is 0 Å². The summed E-state index contributed by atoms with van der Waals surface area (Å²) in [5.41, 5.74) is 8.62. The van der Waals surface area contributed by atoms with Gasteiger partial charge >= 0.3 is 0 Å². The summed E-state index contributed by atoms with van der Waals surface area (Å²) in [6.07, 6.45) is 1.64. The smallest absolute Gasteiger partial charge is 0.130 e. The van der Waals surface area contributed by atoms with Crippen LogP contribution in [-0.2, 0) is 0 Å². The van der Waals surface area contributed by atoms with Crippen molar-refractivity contribution in [3.63, 3.8) is 0 Å². The largest absolute Gasteiger partial charge is 0.397 e. The van der Waals surface area contributed by atoms with E-state index in [1.165, 1.54) is 5.56 Å². The molecule has 0 spiro atoms. The molecule has 1 heterocycles. The zero-order valence-corrected chi connectivity index (χ0v) is 10.1. The lowest BCUT2D eigenvalue weighted by molar-refractivity contribution is 0.867. The molecule has 17 heavy (non-hydrogen) atoms. The Morgan fingerprint density at radius 2 is 1.76 bits per heavy atom. The Balaban J connectivity index is 2.11. The van der Waals surface area contributed by atoms with Gasteiger partial charge in [-0.3, -0.25) is 0 Å². The van der Waals surface area contributed by atoms with Gasteiger partial charge in [0.2, 0.25) is 0 Å². The van der Waals surface area contributed by atoms with Crippen LogP contribution in [0.1, 0.15) is 25.3 Å². The normalized spacial score (nSPS) is 10.5. The maximum Gasteiger partial charge on any atom is 0.130 e. The molecule has 3 heteroatoms. The highest BCUT2D eigenvalue weighted by Gasteiger charge is 1.99. The van der Waals surface area contributed by atoms with Crippen molar-refractivity contribution in [2.75, 3.05) is 11.1 Å². The maximum atomic E-state index is 5.58. The molecule has 0 bridgehead atoms. The van der Waals surface area contributed by atoms with Gasteiger partial charge in [0.25, 0.3) is 0 Å². The number of rotatable bonds is 3. The predicted octanol–water partition coefficient (Wildman–Crippen LogP) is 3.53. The van der Waals surface area contributed by atoms with E-state index < -0.39 is 0 Å². The summed E-state index contributed by atoms with van der Waals surface area (Å²) in [6.45, 7) is 4.37. The number of nitrogen functional groups attached to an aromatic ring is 1. The molecular weight excluding hydrogens is 210 g/mol. The molecule has 2 rings (SSSR count). The van der Waals surface area contributed by atoms with E-state index >= 15 is 0 Å². The van der Waals surface area contributed by atoms with E-state index in [1.807, 2.05) is 12.1 Å². The molecular formula is C14H17N3. The van der Waals surface area contributed by atoms with Gasteiger partial charge in [0.1, 0.15) is 5.82 Å². The van der Waals surface area contributed by atoms with E-state index in [1.54, 1.807) is 6.20 Å². The third kappa shape index (κ3) is 2.97. The van der Waals surface area contributed by atoms with Gasteiger partial charge in [-0.15, -0.1) is 0 Å². The molecule has 0 unspecified atom stereocenters. The zero-order valence-electron chi connectivity index (χ0n) is 10.1. The average Bonchev–Trinajstić information content (AvgIpc) is 2.33. The molecule has 1 aromatic carbocycles. The van der Waals surface area contributed by atoms with Gasteiger partial charge < -0.3 is 11.1 Å². The van der Waals surface area contributed by atoms with Crippen molar-refractivity contribution in [3.05, 3.63) is 48.2 Å². The Morgan fingerprint density at radius 1 is 1.06 bits per heavy atom. The third-order valence-corrected chi connectivity index (χ3v) is 2.64. The van der Waals surface area contributed by atoms with Crippen molar-refractivity contribution in [3.8, 4) is 0 Å². The topological polar surface area (TPSA) is 50.9 Å². The van der Waals surface area contributed by atoms with Gasteiger partial charge in [0.05, 0.1) is 11.9 Å². The highest BCUT2D eigenvalue weighted by Crippen LogP contribution is 2.19. The number of benzene rings is 1. The lowest BCUT2D eigenvalue weighted by atomic mass is 10.0. The van der Waals surface area contributed by atoms with Crippen LogP contribution in [0.3, 0.4) is 0 Å². The number of nitrogens with zero attached hydrogens (tertiary/aromatic N) is 1. The van der Waals surface area contributed by atoms with E-state index in [-0.39, 0.29) is 0 Å². The van der Waals surface area contributed by atoms with E-state index in [9.17, 15) is 0 Å². The fourth-order valence-electron chi connectivity index (χ4n) is 1.58. The maximum absolute atomic E-state index is 5.58. The Kier molecular flexibility index (Phi) is 3.28. The van der Waals surface area contributed by atoms with Gasteiger partial charge in [-0.25, -0.2) is 4.98 Å². The first-order valence-electron chi connectivity index (χ1n) is 5.73. The second kappa shape index (κ2) is 4.87. The summed E-state index contributed by atoms with van der Waals surface area (Å²) in [7, 11) is 0. The van der Waals surface area contributed by atoms with Crippen LogP contribution in [0, 0.1) is 0 Å². The first kappa shape index (κ1) is 11.5. The Hall–Kier alpha value is -2.03.